The molecule has 0 aliphatic rings. The van der Waals surface area contributed by atoms with E-state index in [1.807, 2.05) is 0 Å². The van der Waals surface area contributed by atoms with E-state index in [0.717, 1.165) is 0 Å². The molecule has 0 fully saturated rings. The lowest BCUT2D eigenvalue weighted by Crippen LogP contribution is -2.21. The summed E-state index contributed by atoms with van der Waals surface area (Å²) in [5, 5.41) is 3.70. The zero-order valence-corrected chi connectivity index (χ0v) is 12.8. The molecule has 3 rings (SSSR count). The third kappa shape index (κ3) is 3.21. The summed E-state index contributed by atoms with van der Waals surface area (Å²) >= 11 is 0. The van der Waals surface area contributed by atoms with Gasteiger partial charge in [-0.25, -0.2) is 13.2 Å². The largest absolute Gasteiger partial charge is 0.441 e. The van der Waals surface area contributed by atoms with Gasteiger partial charge in [0.2, 0.25) is 0 Å². The van der Waals surface area contributed by atoms with Crippen LogP contribution < -0.4 is 5.76 Å². The molecule has 8 heteroatoms. The zero-order valence-electron chi connectivity index (χ0n) is 12.0. The van der Waals surface area contributed by atoms with Crippen molar-refractivity contribution in [2.24, 2.45) is 0 Å². The molecule has 1 aromatic carbocycles. The summed E-state index contributed by atoms with van der Waals surface area (Å²) in [6.07, 6.45) is 3.12. The highest BCUT2D eigenvalue weighted by Crippen LogP contribution is 2.15. The second-order valence-electron chi connectivity index (χ2n) is 4.80. The van der Waals surface area contributed by atoms with Crippen LogP contribution in [0.5, 0.6) is 0 Å². The van der Waals surface area contributed by atoms with E-state index in [4.69, 9.17) is 0 Å². The van der Waals surface area contributed by atoms with Crippen LogP contribution in [0.3, 0.4) is 0 Å². The van der Waals surface area contributed by atoms with E-state index in [9.17, 15) is 13.2 Å². The summed E-state index contributed by atoms with van der Waals surface area (Å²) in [6.45, 7) is -0.0518. The van der Waals surface area contributed by atoms with Crippen molar-refractivity contribution in [1.82, 2.24) is 14.7 Å². The zero-order chi connectivity index (χ0) is 16.3. The lowest BCUT2D eigenvalue weighted by molar-refractivity contribution is 0.377. The molecule has 0 N–H and O–H groups in total. The highest BCUT2D eigenvalue weighted by atomic mass is 32.2. The fourth-order valence-electron chi connectivity index (χ4n) is 2.13. The van der Waals surface area contributed by atoms with Crippen LogP contribution in [0.1, 0.15) is 0 Å². The molecular formula is C15H13N3O4S. The van der Waals surface area contributed by atoms with Crippen LogP contribution in [0.25, 0.3) is 11.4 Å². The predicted octanol–water partition coefficient (Wildman–Crippen LogP) is 1.37. The Balaban J connectivity index is 1.88. The minimum Gasteiger partial charge on any atom is -0.295 e. The van der Waals surface area contributed by atoms with Crippen molar-refractivity contribution in [1.29, 1.82) is 0 Å². The Kier molecular flexibility index (Phi) is 4.07. The number of sulfone groups is 1. The Hall–Kier alpha value is -2.74. The van der Waals surface area contributed by atoms with Gasteiger partial charge in [0.25, 0.3) is 0 Å². The second-order valence-corrected chi connectivity index (χ2v) is 6.91. The molecule has 0 amide bonds. The van der Waals surface area contributed by atoms with E-state index in [2.05, 4.69) is 14.7 Å². The number of hydrogen-bond donors (Lipinski definition) is 0. The first kappa shape index (κ1) is 15.2. The molecule has 0 saturated heterocycles. The molecular weight excluding hydrogens is 318 g/mol. The van der Waals surface area contributed by atoms with Crippen molar-refractivity contribution < 1.29 is 12.9 Å². The van der Waals surface area contributed by atoms with Gasteiger partial charge in [-0.2, -0.15) is 0 Å². The second kappa shape index (κ2) is 6.17. The molecule has 118 valence electrons. The molecule has 3 aromatic rings. The first-order valence-corrected chi connectivity index (χ1v) is 8.48. The standard InChI is InChI=1S/C15H13N3O4S/c19-15-18(14(17-22-15)12-5-4-8-16-11-12)9-10-23(20,21)13-6-2-1-3-7-13/h1-8,11H,9-10H2. The molecule has 0 saturated carbocycles. The quantitative estimate of drug-likeness (QED) is 0.701. The molecule has 0 aliphatic carbocycles. The van der Waals surface area contributed by atoms with Gasteiger partial charge in [-0.3, -0.25) is 14.1 Å². The molecule has 0 bridgehead atoms. The number of hydrogen-bond acceptors (Lipinski definition) is 6. The van der Waals surface area contributed by atoms with Gasteiger partial charge < -0.3 is 0 Å². The van der Waals surface area contributed by atoms with Crippen molar-refractivity contribution in [2.75, 3.05) is 5.75 Å². The van der Waals surface area contributed by atoms with Gasteiger partial charge in [0, 0.05) is 24.5 Å². The van der Waals surface area contributed by atoms with Gasteiger partial charge >= 0.3 is 5.76 Å². The average Bonchev–Trinajstić information content (AvgIpc) is 2.95. The van der Waals surface area contributed by atoms with Gasteiger partial charge in [-0.05, 0) is 24.3 Å². The Morgan fingerprint density at radius 1 is 1.09 bits per heavy atom. The third-order valence-electron chi connectivity index (χ3n) is 3.29. The maximum absolute atomic E-state index is 12.3. The molecule has 7 nitrogen and oxygen atoms in total. The lowest BCUT2D eigenvalue weighted by atomic mass is 10.3. The smallest absolute Gasteiger partial charge is 0.295 e. The fourth-order valence-corrected chi connectivity index (χ4v) is 3.36. The average molecular weight is 331 g/mol. The number of aromatic nitrogens is 3. The first-order chi connectivity index (χ1) is 11.1. The third-order valence-corrected chi connectivity index (χ3v) is 5.00. The van der Waals surface area contributed by atoms with Crippen LogP contribution in [0.2, 0.25) is 0 Å². The van der Waals surface area contributed by atoms with Crippen molar-refractivity contribution in [3.63, 3.8) is 0 Å². The first-order valence-electron chi connectivity index (χ1n) is 6.83. The van der Waals surface area contributed by atoms with Crippen LogP contribution in [-0.4, -0.2) is 28.9 Å². The van der Waals surface area contributed by atoms with Gasteiger partial charge in [0.15, 0.2) is 15.7 Å². The van der Waals surface area contributed by atoms with Crippen molar-refractivity contribution in [2.45, 2.75) is 11.4 Å². The fraction of sp³-hybridized carbons (Fsp3) is 0.133. The maximum atomic E-state index is 12.3. The lowest BCUT2D eigenvalue weighted by Gasteiger charge is -2.06. The van der Waals surface area contributed by atoms with Gasteiger partial charge in [-0.15, -0.1) is 0 Å². The van der Waals surface area contributed by atoms with Crippen LogP contribution in [0.4, 0.5) is 0 Å². The van der Waals surface area contributed by atoms with E-state index in [1.54, 1.807) is 36.5 Å². The van der Waals surface area contributed by atoms with Crippen LogP contribution in [-0.2, 0) is 16.4 Å². The van der Waals surface area contributed by atoms with Crippen molar-refractivity contribution >= 4 is 9.84 Å². The van der Waals surface area contributed by atoms with E-state index >= 15 is 0 Å². The number of rotatable bonds is 5. The van der Waals surface area contributed by atoms with Gasteiger partial charge in [0.1, 0.15) is 0 Å². The van der Waals surface area contributed by atoms with E-state index in [1.165, 1.54) is 22.9 Å². The Labute approximate surface area is 132 Å². The molecule has 0 atom stereocenters. The highest BCUT2D eigenvalue weighted by molar-refractivity contribution is 7.91. The Morgan fingerprint density at radius 3 is 2.57 bits per heavy atom. The maximum Gasteiger partial charge on any atom is 0.441 e. The summed E-state index contributed by atoms with van der Waals surface area (Å²) in [7, 11) is -3.50. The highest BCUT2D eigenvalue weighted by Gasteiger charge is 2.18. The minimum absolute atomic E-state index is 0.0518. The van der Waals surface area contributed by atoms with Crippen LogP contribution in [0, 0.1) is 0 Å². The summed E-state index contributed by atoms with van der Waals surface area (Å²) in [4.78, 5) is 16.0. The molecule has 0 radical (unpaired) electrons. The monoisotopic (exact) mass is 331 g/mol. The normalized spacial score (nSPS) is 11.5. The number of pyridine rings is 1. The number of nitrogens with zero attached hydrogens (tertiary/aromatic N) is 3. The summed E-state index contributed by atoms with van der Waals surface area (Å²) in [5.41, 5.74) is 0.579. The van der Waals surface area contributed by atoms with Gasteiger partial charge in [-0.1, -0.05) is 23.4 Å². The van der Waals surface area contributed by atoms with E-state index in [-0.39, 0.29) is 23.0 Å². The predicted molar refractivity (Wildman–Crippen MR) is 82.5 cm³/mol. The molecule has 0 spiro atoms. The molecule has 2 aromatic heterocycles. The Morgan fingerprint density at radius 2 is 1.87 bits per heavy atom. The SMILES string of the molecule is O=c1onc(-c2cccnc2)n1CCS(=O)(=O)c1ccccc1. The van der Waals surface area contributed by atoms with Crippen molar-refractivity contribution in [3.8, 4) is 11.4 Å². The van der Waals surface area contributed by atoms with Gasteiger partial charge in [0.05, 0.1) is 10.6 Å². The molecule has 23 heavy (non-hydrogen) atoms. The number of benzene rings is 1. The Bertz CT molecular complexity index is 947. The van der Waals surface area contributed by atoms with Crippen LogP contribution >= 0.6 is 0 Å². The summed E-state index contributed by atoms with van der Waals surface area (Å²) in [5.74, 6) is -0.677. The van der Waals surface area contributed by atoms with Crippen molar-refractivity contribution in [3.05, 3.63) is 65.4 Å². The van der Waals surface area contributed by atoms with E-state index in [0.29, 0.717) is 5.56 Å². The molecule has 0 unspecified atom stereocenters. The topological polar surface area (TPSA) is 95.1 Å². The molecule has 2 heterocycles. The minimum atomic E-state index is -3.50. The summed E-state index contributed by atoms with van der Waals surface area (Å²) in [6, 6.07) is 11.5. The molecule has 0 aliphatic heterocycles. The van der Waals surface area contributed by atoms with Crippen LogP contribution in [0.15, 0.2) is 69.1 Å². The van der Waals surface area contributed by atoms with E-state index < -0.39 is 15.6 Å². The summed E-state index contributed by atoms with van der Waals surface area (Å²) < 4.78 is 30.5.